The van der Waals surface area contributed by atoms with Crippen LogP contribution >= 0.6 is 16.1 Å². The zero-order valence-corrected chi connectivity index (χ0v) is 49.7. The quantitative estimate of drug-likeness (QED) is 0.0186. The van der Waals surface area contributed by atoms with Gasteiger partial charge in [0.25, 0.3) is 11.8 Å². The number of carbonyl (C=O) groups is 8. The van der Waals surface area contributed by atoms with Gasteiger partial charge in [-0.15, -0.1) is 9.05 Å². The highest BCUT2D eigenvalue weighted by molar-refractivity contribution is 7.46. The smallest absolute Gasteiger partial charge is 0.447 e. The van der Waals surface area contributed by atoms with Crippen LogP contribution in [0.1, 0.15) is 57.6 Å². The number of imide groups is 1. The number of amides is 9. The van der Waals surface area contributed by atoms with E-state index < -0.39 is 138 Å². The number of alkyl halides is 2. The molecule has 9 amide bonds. The van der Waals surface area contributed by atoms with Crippen molar-refractivity contribution in [1.82, 2.24) is 64.8 Å². The molecule has 10 unspecified atom stereocenters. The molecule has 1 aromatic carbocycles. The number of fused-ring (bicyclic) bond motifs is 2. The summed E-state index contributed by atoms with van der Waals surface area (Å²) in [6.45, 7) is 0.964. The van der Waals surface area contributed by atoms with Gasteiger partial charge in [-0.05, 0) is 36.5 Å². The van der Waals surface area contributed by atoms with Crippen molar-refractivity contribution >= 4 is 103 Å². The van der Waals surface area contributed by atoms with E-state index in [4.69, 9.17) is 39.5 Å². The molecule has 36 nitrogen and oxygen atoms in total. The van der Waals surface area contributed by atoms with Crippen LogP contribution in [0.4, 0.5) is 40.5 Å². The number of phosphoric ester groups is 1. The number of carbonyl (C=O) groups excluding carboxylic acids is 8. The molecule has 8 rings (SSSR count). The fourth-order valence-electron chi connectivity index (χ4n) is 9.22. The predicted molar refractivity (Wildman–Crippen MR) is 303 cm³/mol. The molecule has 3 aliphatic heterocycles. The number of rotatable bonds is 29. The largest absolute Gasteiger partial charge is 0.697 e. The zero-order valence-electron chi connectivity index (χ0n) is 47.9. The number of aromatic nitrogens is 8. The van der Waals surface area contributed by atoms with Gasteiger partial charge in [-0.2, -0.15) is 0 Å². The second kappa shape index (κ2) is 30.1. The van der Waals surface area contributed by atoms with Crippen molar-refractivity contribution in [2.45, 2.75) is 101 Å². The average Bonchev–Trinajstić information content (AvgIpc) is 1.67. The highest BCUT2D eigenvalue weighted by Crippen LogP contribution is 2.44. The Morgan fingerprint density at radius 2 is 1.56 bits per heavy atom. The first-order valence-corrected chi connectivity index (χ1v) is 30.0. The number of hydrogen-bond acceptors (Lipinski definition) is 24. The van der Waals surface area contributed by atoms with E-state index in [0.717, 1.165) is 39.2 Å². The number of phosphoric acid groups is 1. The van der Waals surface area contributed by atoms with Crippen LogP contribution in [0.2, 0.25) is 0 Å². The number of ether oxygens (including phenoxy) is 4. The van der Waals surface area contributed by atoms with Crippen molar-refractivity contribution in [2.24, 2.45) is 11.7 Å². The van der Waals surface area contributed by atoms with E-state index in [-0.39, 0.29) is 98.2 Å². The average molecular weight is 1310 g/mol. The number of halogens is 2. The second-order valence-corrected chi connectivity index (χ2v) is 22.7. The fourth-order valence-corrected chi connectivity index (χ4v) is 10.4. The predicted octanol–water partition coefficient (Wildman–Crippen LogP) is 1.42. The van der Waals surface area contributed by atoms with Crippen LogP contribution in [-0.2, 0) is 72.2 Å². The van der Waals surface area contributed by atoms with Gasteiger partial charge in [-0.25, -0.2) is 57.6 Å². The Hall–Kier alpha value is -8.87. The Morgan fingerprint density at radius 3 is 2.24 bits per heavy atom. The lowest BCUT2D eigenvalue weighted by Gasteiger charge is -2.25. The number of imidazole rings is 2. The van der Waals surface area contributed by atoms with Crippen LogP contribution in [0.5, 0.6) is 0 Å². The number of nitrogens with two attached hydrogens (primary N) is 2. The molecule has 10 atom stereocenters. The van der Waals surface area contributed by atoms with Gasteiger partial charge in [0.2, 0.25) is 17.7 Å². The van der Waals surface area contributed by atoms with Crippen molar-refractivity contribution in [1.29, 1.82) is 0 Å². The fraction of sp³-hybridized carbons (Fsp3) is 0.480. The van der Waals surface area contributed by atoms with E-state index in [2.05, 4.69) is 61.0 Å². The molecule has 7 heterocycles. The molecule has 11 N–H and O–H groups in total. The lowest BCUT2D eigenvalue weighted by Crippen LogP contribution is -2.54. The minimum atomic E-state index is -5.17. The first-order chi connectivity index (χ1) is 42.8. The molecule has 3 aliphatic rings. The molecule has 2 fully saturated rings. The van der Waals surface area contributed by atoms with Crippen molar-refractivity contribution in [3.63, 3.8) is 0 Å². The number of nitrogens with zero attached hydrogens (tertiary/aromatic N) is 10. The van der Waals surface area contributed by atoms with E-state index in [0.29, 0.717) is 5.56 Å². The van der Waals surface area contributed by atoms with Crippen LogP contribution in [0.15, 0.2) is 61.7 Å². The summed E-state index contributed by atoms with van der Waals surface area (Å²) >= 11 is 0. The minimum Gasteiger partial charge on any atom is -0.447 e. The van der Waals surface area contributed by atoms with Crippen LogP contribution in [-0.4, -0.2) is 196 Å². The summed E-state index contributed by atoms with van der Waals surface area (Å²) in [6.07, 6.45) is -6.85. The topological polar surface area (TPSA) is 482 Å². The third-order valence-corrected chi connectivity index (χ3v) is 15.0. The Bertz CT molecular complexity index is 3540. The summed E-state index contributed by atoms with van der Waals surface area (Å²) in [5.41, 5.74) is 11.9. The van der Waals surface area contributed by atoms with Gasteiger partial charge < -0.3 is 66.4 Å². The van der Waals surface area contributed by atoms with E-state index in [1.54, 1.807) is 26.0 Å². The molecular weight excluding hydrogens is 1240 g/mol. The summed E-state index contributed by atoms with van der Waals surface area (Å²) in [4.78, 5) is 146. The van der Waals surface area contributed by atoms with Crippen LogP contribution < -0.4 is 38.1 Å². The molecule has 40 heteroatoms. The highest BCUT2D eigenvalue weighted by atomic mass is 31.2. The molecule has 0 aliphatic carbocycles. The Labute approximate surface area is 508 Å². The number of nitrogens with one attached hydrogen (secondary N) is 5. The molecule has 0 radical (unpaired) electrons. The number of anilines is 3. The zero-order chi connectivity index (χ0) is 65.0. The van der Waals surface area contributed by atoms with Crippen LogP contribution in [0.25, 0.3) is 22.3 Å². The van der Waals surface area contributed by atoms with Crippen molar-refractivity contribution in [2.75, 3.05) is 62.9 Å². The Balaban J connectivity index is 0.787. The Kier molecular flexibility index (Phi) is 22.4. The number of nitrogen functional groups attached to an aromatic ring is 1. The summed E-state index contributed by atoms with van der Waals surface area (Å²) in [5.74, 6) is -3.73. The molecule has 5 aromatic rings. The summed E-state index contributed by atoms with van der Waals surface area (Å²) in [7, 11) is -7.04. The van der Waals surface area contributed by atoms with E-state index in [1.165, 1.54) is 36.4 Å². The van der Waals surface area contributed by atoms with Gasteiger partial charge in [0, 0.05) is 55.4 Å². The van der Waals surface area contributed by atoms with Crippen LogP contribution in [0, 0.1) is 5.92 Å². The van der Waals surface area contributed by atoms with Gasteiger partial charge in [-0.1, -0.05) is 26.0 Å². The van der Waals surface area contributed by atoms with Crippen molar-refractivity contribution in [3.8, 4) is 0 Å². The number of hydrogen-bond donors (Lipinski definition) is 9. The van der Waals surface area contributed by atoms with Crippen molar-refractivity contribution in [3.05, 3.63) is 67.3 Å². The summed E-state index contributed by atoms with van der Waals surface area (Å²) in [6, 6.07) is 3.05. The molecular formula is C50H62F2N17O19P2+. The molecule has 0 saturated carbocycles. The SMILES string of the molecule is CC(C)C(NC(=O)CCN1C(=O)C=CC1=O)C(=O)NC(CCCNC(N)=O)C(=O)Nc1ccc(COC(=O)N(C)CCOC(=O)Nc2ncnc3c2ncn3C2OC(COP(=O)(O)O)C(O[P+](=O)OCC3CC(F)C(n4cnc5c(N)ncnc54)O3)C2F)cc1. The number of benzene rings is 1. The first-order valence-electron chi connectivity index (χ1n) is 27.4. The molecule has 484 valence electrons. The van der Waals surface area contributed by atoms with Gasteiger partial charge in [0.1, 0.15) is 62.4 Å². The van der Waals surface area contributed by atoms with Crippen molar-refractivity contribution < 1.29 is 98.6 Å². The Morgan fingerprint density at radius 1 is 0.878 bits per heavy atom. The lowest BCUT2D eigenvalue weighted by atomic mass is 10.0. The maximum atomic E-state index is 16.4. The second-order valence-electron chi connectivity index (χ2n) is 20.5. The van der Waals surface area contributed by atoms with Gasteiger partial charge >= 0.3 is 34.3 Å². The minimum absolute atomic E-state index is 0.0323. The molecule has 4 aromatic heterocycles. The molecule has 0 bridgehead atoms. The monoisotopic (exact) mass is 1300 g/mol. The van der Waals surface area contributed by atoms with E-state index in [1.807, 2.05) is 0 Å². The maximum Gasteiger partial charge on any atom is 0.697 e. The number of likely N-dealkylation sites (N-methyl/N-ethyl adjacent to an activating group) is 1. The third kappa shape index (κ3) is 17.5. The molecule has 2 saturated heterocycles. The number of primary amides is 1. The van der Waals surface area contributed by atoms with E-state index in [9.17, 15) is 57.3 Å². The standard InChI is InChI=1S/C50H61F2N17O19P2/c1-25(2)36(64-32(70)12-14-67-33(71)10-11-34(67)72)45(74)63-30(5-4-13-55-48(54)75)44(73)62-27-8-6-26(7-9-27)18-83-50(77)66(3)15-16-82-49(76)65-41-38-43(59-22-57-41)69(24-61-38)47-35(52)39(31(87-47)20-85-90(79,80)81)88-89(78)84-19-28-17-29(51)46(86-28)68-23-60-37-40(53)56-21-58-42(37)68/h6-11,21-25,28-31,35-36,39,46-47H,4-5,12-20H2,1-3H3,(H10-,53,54,55,56,57,58,59,62,63,64,65,70,73,74,75,76,79,80,81)/p+1. The lowest BCUT2D eigenvalue weighted by molar-refractivity contribution is -0.137. The van der Waals surface area contributed by atoms with Gasteiger partial charge in [0.15, 0.2) is 53.2 Å². The van der Waals surface area contributed by atoms with Gasteiger partial charge in [0.05, 0.1) is 31.9 Å². The maximum absolute atomic E-state index is 16.4. The van der Waals surface area contributed by atoms with Crippen LogP contribution in [0.3, 0.4) is 0 Å². The van der Waals surface area contributed by atoms with E-state index >= 15 is 8.78 Å². The molecule has 90 heavy (non-hydrogen) atoms. The molecule has 0 spiro atoms. The summed E-state index contributed by atoms with van der Waals surface area (Å²) < 4.78 is 96.3. The van der Waals surface area contributed by atoms with Gasteiger partial charge in [-0.3, -0.25) is 47.8 Å². The number of urea groups is 1. The first kappa shape index (κ1) is 67.1. The normalized spacial score (nSPS) is 20.7. The highest BCUT2D eigenvalue weighted by Gasteiger charge is 2.53. The third-order valence-electron chi connectivity index (χ3n) is 13.8. The summed E-state index contributed by atoms with van der Waals surface area (Å²) in [5, 5.41) is 12.7.